The number of carbonyl (C=O) groups is 1. The highest BCUT2D eigenvalue weighted by molar-refractivity contribution is 5.97. The second-order valence-corrected chi connectivity index (χ2v) is 4.44. The molecule has 4 N–H and O–H groups in total. The molecule has 0 saturated carbocycles. The van der Waals surface area contributed by atoms with Crippen LogP contribution in [0.4, 0.5) is 0 Å². The Morgan fingerprint density at radius 2 is 2.20 bits per heavy atom. The molecule has 0 aliphatic carbocycles. The number of oxime groups is 1. The van der Waals surface area contributed by atoms with Crippen molar-refractivity contribution in [2.24, 2.45) is 10.9 Å². The summed E-state index contributed by atoms with van der Waals surface area (Å²) in [5.41, 5.74) is 5.58. The number of rotatable bonds is 5. The molecule has 1 amide bonds. The van der Waals surface area contributed by atoms with Crippen molar-refractivity contribution in [2.45, 2.75) is 19.4 Å². The zero-order valence-corrected chi connectivity index (χ0v) is 11.7. The normalized spacial score (nSPS) is 12.8. The molecular weight excluding hydrogens is 262 g/mol. The highest BCUT2D eigenvalue weighted by Crippen LogP contribution is 2.25. The maximum absolute atomic E-state index is 12.3. The van der Waals surface area contributed by atoms with Gasteiger partial charge < -0.3 is 25.7 Å². The van der Waals surface area contributed by atoms with Gasteiger partial charge in [-0.1, -0.05) is 5.16 Å². The summed E-state index contributed by atoms with van der Waals surface area (Å²) >= 11 is 0. The second-order valence-electron chi connectivity index (χ2n) is 4.44. The highest BCUT2D eigenvalue weighted by Gasteiger charge is 2.21. The van der Waals surface area contributed by atoms with Crippen molar-refractivity contribution in [2.75, 3.05) is 14.2 Å². The van der Waals surface area contributed by atoms with Crippen molar-refractivity contribution >= 4 is 11.7 Å². The van der Waals surface area contributed by atoms with E-state index in [4.69, 9.17) is 15.7 Å². The van der Waals surface area contributed by atoms with Gasteiger partial charge in [-0.15, -0.1) is 0 Å². The number of nitrogens with two attached hydrogens (primary N) is 1. The van der Waals surface area contributed by atoms with E-state index in [1.165, 1.54) is 24.1 Å². The highest BCUT2D eigenvalue weighted by atomic mass is 16.5. The van der Waals surface area contributed by atoms with Crippen LogP contribution in [0.25, 0.3) is 0 Å². The number of benzene rings is 1. The molecule has 7 nitrogen and oxygen atoms in total. The first-order valence-electron chi connectivity index (χ1n) is 6.01. The lowest BCUT2D eigenvalue weighted by atomic mass is 10.1. The van der Waals surface area contributed by atoms with Crippen LogP contribution < -0.4 is 10.5 Å². The quantitative estimate of drug-likeness (QED) is 0.323. The molecule has 0 heterocycles. The largest absolute Gasteiger partial charge is 0.507 e. The number of amides is 1. The van der Waals surface area contributed by atoms with Crippen molar-refractivity contribution in [3.05, 3.63) is 23.8 Å². The van der Waals surface area contributed by atoms with Gasteiger partial charge in [-0.2, -0.15) is 0 Å². The van der Waals surface area contributed by atoms with E-state index in [-0.39, 0.29) is 35.5 Å². The molecule has 0 fully saturated rings. The standard InChI is InChI=1S/C13H19N3O4/c1-8(6-12(14)15-19)16(2)13(18)10-5-4-9(20-3)7-11(10)17/h4-5,7-8,17,19H,6H2,1-3H3,(H2,14,15). The fourth-order valence-electron chi connectivity index (χ4n) is 1.69. The van der Waals surface area contributed by atoms with Gasteiger partial charge in [-0.25, -0.2) is 0 Å². The van der Waals surface area contributed by atoms with E-state index < -0.39 is 0 Å². The number of amidine groups is 1. The molecule has 0 aliphatic heterocycles. The van der Waals surface area contributed by atoms with E-state index in [2.05, 4.69) is 5.16 Å². The van der Waals surface area contributed by atoms with Crippen LogP contribution in [0.3, 0.4) is 0 Å². The van der Waals surface area contributed by atoms with Crippen LogP contribution in [0.2, 0.25) is 0 Å². The van der Waals surface area contributed by atoms with Crippen LogP contribution in [-0.2, 0) is 0 Å². The van der Waals surface area contributed by atoms with Gasteiger partial charge in [-0.3, -0.25) is 4.79 Å². The summed E-state index contributed by atoms with van der Waals surface area (Å²) in [5.74, 6) is -0.0110. The van der Waals surface area contributed by atoms with E-state index in [0.717, 1.165) is 0 Å². The monoisotopic (exact) mass is 281 g/mol. The lowest BCUT2D eigenvalue weighted by Gasteiger charge is -2.25. The molecule has 1 unspecified atom stereocenters. The van der Waals surface area contributed by atoms with Gasteiger partial charge in [0.1, 0.15) is 17.3 Å². The number of ether oxygens (including phenoxy) is 1. The maximum atomic E-state index is 12.3. The molecule has 20 heavy (non-hydrogen) atoms. The zero-order chi connectivity index (χ0) is 15.3. The third kappa shape index (κ3) is 3.53. The predicted octanol–water partition coefficient (Wildman–Crippen LogP) is 0.998. The zero-order valence-electron chi connectivity index (χ0n) is 11.7. The summed E-state index contributed by atoms with van der Waals surface area (Å²) in [6, 6.07) is 4.17. The maximum Gasteiger partial charge on any atom is 0.257 e. The van der Waals surface area contributed by atoms with Crippen LogP contribution in [0.15, 0.2) is 23.4 Å². The minimum Gasteiger partial charge on any atom is -0.507 e. The molecule has 1 atom stereocenters. The van der Waals surface area contributed by atoms with Crippen LogP contribution in [0.1, 0.15) is 23.7 Å². The van der Waals surface area contributed by atoms with Crippen molar-refractivity contribution in [1.82, 2.24) is 4.90 Å². The van der Waals surface area contributed by atoms with Gasteiger partial charge in [0.05, 0.1) is 12.7 Å². The Kier molecular flexibility index (Phi) is 5.19. The number of methoxy groups -OCH3 is 1. The number of hydrogen-bond acceptors (Lipinski definition) is 5. The molecule has 1 aromatic rings. The Labute approximate surface area is 117 Å². The average Bonchev–Trinajstić information content (AvgIpc) is 2.45. The van der Waals surface area contributed by atoms with Gasteiger partial charge in [0.2, 0.25) is 0 Å². The first-order chi connectivity index (χ1) is 9.40. The van der Waals surface area contributed by atoms with E-state index >= 15 is 0 Å². The van der Waals surface area contributed by atoms with Crippen LogP contribution in [-0.4, -0.2) is 47.2 Å². The molecule has 7 heteroatoms. The third-order valence-corrected chi connectivity index (χ3v) is 3.05. The lowest BCUT2D eigenvalue weighted by molar-refractivity contribution is 0.0744. The minimum atomic E-state index is -0.358. The van der Waals surface area contributed by atoms with Crippen molar-refractivity contribution in [3.63, 3.8) is 0 Å². The van der Waals surface area contributed by atoms with Crippen LogP contribution >= 0.6 is 0 Å². The number of nitrogens with zero attached hydrogens (tertiary/aromatic N) is 2. The van der Waals surface area contributed by atoms with Gasteiger partial charge in [0, 0.05) is 25.6 Å². The molecule has 0 bridgehead atoms. The van der Waals surface area contributed by atoms with E-state index in [0.29, 0.717) is 5.75 Å². The average molecular weight is 281 g/mol. The molecule has 1 aromatic carbocycles. The fraction of sp³-hybridized carbons (Fsp3) is 0.385. The number of phenolic OH excluding ortho intramolecular Hbond substituents is 1. The molecule has 0 radical (unpaired) electrons. The number of aromatic hydroxyl groups is 1. The molecule has 0 spiro atoms. The van der Waals surface area contributed by atoms with E-state index in [1.807, 2.05) is 0 Å². The third-order valence-electron chi connectivity index (χ3n) is 3.05. The molecule has 0 saturated heterocycles. The minimum absolute atomic E-state index is 0.0381. The summed E-state index contributed by atoms with van der Waals surface area (Å²) in [5, 5.41) is 21.2. The van der Waals surface area contributed by atoms with E-state index in [1.54, 1.807) is 20.0 Å². The molecule has 1 rings (SSSR count). The van der Waals surface area contributed by atoms with Crippen molar-refractivity contribution < 1.29 is 19.8 Å². The molecule has 110 valence electrons. The smallest absolute Gasteiger partial charge is 0.257 e. The number of carbonyl (C=O) groups excluding carboxylic acids is 1. The first kappa shape index (κ1) is 15.6. The summed E-state index contributed by atoms with van der Waals surface area (Å²) in [6.07, 6.45) is 0.232. The summed E-state index contributed by atoms with van der Waals surface area (Å²) < 4.78 is 4.96. The summed E-state index contributed by atoms with van der Waals surface area (Å²) in [7, 11) is 3.06. The molecule has 0 aromatic heterocycles. The van der Waals surface area contributed by atoms with E-state index in [9.17, 15) is 9.90 Å². The summed E-state index contributed by atoms with van der Waals surface area (Å²) in [6.45, 7) is 1.76. The lowest BCUT2D eigenvalue weighted by Crippen LogP contribution is -2.37. The van der Waals surface area contributed by atoms with Gasteiger partial charge in [-0.05, 0) is 19.1 Å². The summed E-state index contributed by atoms with van der Waals surface area (Å²) in [4.78, 5) is 13.7. The number of phenols is 1. The molecule has 0 aliphatic rings. The van der Waals surface area contributed by atoms with Gasteiger partial charge in [0.15, 0.2) is 0 Å². The molecular formula is C13H19N3O4. The topological polar surface area (TPSA) is 108 Å². The second kappa shape index (κ2) is 6.65. The van der Waals surface area contributed by atoms with Crippen molar-refractivity contribution in [3.8, 4) is 11.5 Å². The van der Waals surface area contributed by atoms with Crippen LogP contribution in [0.5, 0.6) is 11.5 Å². The first-order valence-corrected chi connectivity index (χ1v) is 6.01. The number of hydrogen-bond donors (Lipinski definition) is 3. The Morgan fingerprint density at radius 3 is 2.70 bits per heavy atom. The van der Waals surface area contributed by atoms with Crippen LogP contribution in [0, 0.1) is 0 Å². The Bertz CT molecular complexity index is 516. The predicted molar refractivity (Wildman–Crippen MR) is 74.2 cm³/mol. The Balaban J connectivity index is 2.89. The van der Waals surface area contributed by atoms with Gasteiger partial charge >= 0.3 is 0 Å². The van der Waals surface area contributed by atoms with Crippen molar-refractivity contribution in [1.29, 1.82) is 0 Å². The fourth-order valence-corrected chi connectivity index (χ4v) is 1.69. The Morgan fingerprint density at radius 1 is 1.55 bits per heavy atom. The SMILES string of the molecule is COc1ccc(C(=O)N(C)C(C)CC(N)=NO)c(O)c1. The Hall–Kier alpha value is -2.44. The van der Waals surface area contributed by atoms with Gasteiger partial charge in [0.25, 0.3) is 5.91 Å².